The van der Waals surface area contributed by atoms with Crippen molar-refractivity contribution >= 4 is 17.3 Å². The number of nitrogen functional groups attached to an aromatic ring is 1. The van der Waals surface area contributed by atoms with Gasteiger partial charge in [-0.25, -0.2) is 0 Å². The molecule has 0 aliphatic carbocycles. The first-order chi connectivity index (χ1) is 8.75. The predicted octanol–water partition coefficient (Wildman–Crippen LogP) is 0.464. The third-order valence-electron chi connectivity index (χ3n) is 3.66. The van der Waals surface area contributed by atoms with Gasteiger partial charge in [-0.15, -0.1) is 0 Å². The van der Waals surface area contributed by atoms with Crippen LogP contribution in [0.5, 0.6) is 0 Å². The first-order valence-corrected chi connectivity index (χ1v) is 6.26. The summed E-state index contributed by atoms with van der Waals surface area (Å²) in [6, 6.07) is 5.53. The average Bonchev–Trinajstić information content (AvgIpc) is 2.39. The van der Waals surface area contributed by atoms with Gasteiger partial charge in [-0.3, -0.25) is 9.69 Å². The molecular formula is C13H17N3O2. The molecule has 3 N–H and O–H groups in total. The summed E-state index contributed by atoms with van der Waals surface area (Å²) in [5.41, 5.74) is 8.64. The molecule has 2 aliphatic heterocycles. The Balaban J connectivity index is 1.86. The maximum absolute atomic E-state index is 12.1. The summed E-state index contributed by atoms with van der Waals surface area (Å²) < 4.78 is 5.32. The van der Waals surface area contributed by atoms with Gasteiger partial charge in [-0.1, -0.05) is 6.07 Å². The summed E-state index contributed by atoms with van der Waals surface area (Å²) in [6.45, 7) is 3.00. The number of hydrogen-bond donors (Lipinski definition) is 2. The zero-order valence-electron chi connectivity index (χ0n) is 10.2. The molecule has 1 atom stereocenters. The largest absolute Gasteiger partial charge is 0.398 e. The number of rotatable bonds is 1. The molecule has 1 aromatic rings. The zero-order chi connectivity index (χ0) is 12.5. The Morgan fingerprint density at radius 3 is 2.89 bits per heavy atom. The molecule has 0 aromatic heterocycles. The number of morpholine rings is 1. The highest BCUT2D eigenvalue weighted by Gasteiger charge is 2.32. The minimum Gasteiger partial charge on any atom is -0.398 e. The molecule has 96 valence electrons. The number of nitrogens with zero attached hydrogens (tertiary/aromatic N) is 1. The van der Waals surface area contributed by atoms with Crippen molar-refractivity contribution in [2.75, 3.05) is 37.4 Å². The summed E-state index contributed by atoms with van der Waals surface area (Å²) in [5.74, 6) is 0.0648. The van der Waals surface area contributed by atoms with E-state index in [2.05, 4.69) is 10.2 Å². The smallest absolute Gasteiger partial charge is 0.242 e. The van der Waals surface area contributed by atoms with Gasteiger partial charge in [0.2, 0.25) is 5.91 Å². The Labute approximate surface area is 106 Å². The second-order valence-corrected chi connectivity index (χ2v) is 4.73. The van der Waals surface area contributed by atoms with E-state index in [9.17, 15) is 4.79 Å². The molecule has 1 unspecified atom stereocenters. The zero-order valence-corrected chi connectivity index (χ0v) is 10.2. The molecule has 0 spiro atoms. The van der Waals surface area contributed by atoms with E-state index in [4.69, 9.17) is 10.5 Å². The first kappa shape index (κ1) is 11.5. The van der Waals surface area contributed by atoms with Crippen LogP contribution in [0.15, 0.2) is 18.2 Å². The molecule has 5 nitrogen and oxygen atoms in total. The maximum Gasteiger partial charge on any atom is 0.242 e. The fourth-order valence-corrected chi connectivity index (χ4v) is 2.64. The van der Waals surface area contributed by atoms with Crippen LogP contribution >= 0.6 is 0 Å². The minimum absolute atomic E-state index is 0.0648. The fourth-order valence-electron chi connectivity index (χ4n) is 2.64. The molecule has 2 heterocycles. The number of hydrogen-bond acceptors (Lipinski definition) is 4. The number of nitrogens with one attached hydrogen (secondary N) is 1. The highest BCUT2D eigenvalue weighted by atomic mass is 16.5. The van der Waals surface area contributed by atoms with Crippen molar-refractivity contribution in [3.05, 3.63) is 23.8 Å². The van der Waals surface area contributed by atoms with E-state index in [0.717, 1.165) is 30.0 Å². The number of nitrogens with two attached hydrogens (primary N) is 1. The van der Waals surface area contributed by atoms with Crippen LogP contribution in [0.4, 0.5) is 11.4 Å². The number of carbonyl (C=O) groups is 1. The van der Waals surface area contributed by atoms with E-state index >= 15 is 0 Å². The molecule has 1 amide bonds. The van der Waals surface area contributed by atoms with E-state index in [1.807, 2.05) is 18.2 Å². The van der Waals surface area contributed by atoms with E-state index in [0.29, 0.717) is 19.6 Å². The Morgan fingerprint density at radius 2 is 2.11 bits per heavy atom. The first-order valence-electron chi connectivity index (χ1n) is 6.26. The third kappa shape index (κ3) is 1.95. The standard InChI is InChI=1S/C13H17N3O2/c14-10-2-1-3-11-9(10)8-12(13(17)15-11)16-4-6-18-7-5-16/h1-3,12H,4-8,14H2,(H,15,17). The summed E-state index contributed by atoms with van der Waals surface area (Å²) in [4.78, 5) is 14.3. The second kappa shape index (κ2) is 4.59. The molecule has 1 aromatic carbocycles. The van der Waals surface area contributed by atoms with Crippen molar-refractivity contribution in [3.8, 4) is 0 Å². The van der Waals surface area contributed by atoms with E-state index in [1.165, 1.54) is 0 Å². The van der Waals surface area contributed by atoms with Gasteiger partial charge in [0.15, 0.2) is 0 Å². The fraction of sp³-hybridized carbons (Fsp3) is 0.462. The van der Waals surface area contributed by atoms with Crippen LogP contribution in [0.3, 0.4) is 0 Å². The number of carbonyl (C=O) groups excluding carboxylic acids is 1. The minimum atomic E-state index is -0.119. The molecule has 0 radical (unpaired) electrons. The van der Waals surface area contributed by atoms with Crippen LogP contribution in [0.1, 0.15) is 5.56 Å². The molecule has 0 bridgehead atoms. The van der Waals surface area contributed by atoms with Crippen molar-refractivity contribution in [3.63, 3.8) is 0 Å². The lowest BCUT2D eigenvalue weighted by atomic mass is 9.96. The number of ether oxygens (including phenoxy) is 1. The number of amides is 1. The monoisotopic (exact) mass is 247 g/mol. The van der Waals surface area contributed by atoms with Gasteiger partial charge in [0.05, 0.1) is 19.3 Å². The highest BCUT2D eigenvalue weighted by Crippen LogP contribution is 2.29. The van der Waals surface area contributed by atoms with Crippen LogP contribution in [-0.4, -0.2) is 43.2 Å². The van der Waals surface area contributed by atoms with Crippen molar-refractivity contribution in [1.29, 1.82) is 0 Å². The summed E-state index contributed by atoms with van der Waals surface area (Å²) in [6.07, 6.45) is 0.688. The third-order valence-corrected chi connectivity index (χ3v) is 3.66. The van der Waals surface area contributed by atoms with Crippen LogP contribution in [0, 0.1) is 0 Å². The van der Waals surface area contributed by atoms with Crippen LogP contribution in [-0.2, 0) is 16.0 Å². The lowest BCUT2D eigenvalue weighted by Gasteiger charge is -2.36. The van der Waals surface area contributed by atoms with E-state index < -0.39 is 0 Å². The van der Waals surface area contributed by atoms with Crippen molar-refractivity contribution in [1.82, 2.24) is 4.90 Å². The quantitative estimate of drug-likeness (QED) is 0.708. The van der Waals surface area contributed by atoms with Crippen LogP contribution < -0.4 is 11.1 Å². The topological polar surface area (TPSA) is 67.6 Å². The molecule has 5 heteroatoms. The second-order valence-electron chi connectivity index (χ2n) is 4.73. The molecule has 0 saturated carbocycles. The van der Waals surface area contributed by atoms with Crippen molar-refractivity contribution in [2.45, 2.75) is 12.5 Å². The molecule has 18 heavy (non-hydrogen) atoms. The molecule has 2 aliphatic rings. The summed E-state index contributed by atoms with van der Waals surface area (Å²) in [7, 11) is 0. The van der Waals surface area contributed by atoms with Crippen LogP contribution in [0.2, 0.25) is 0 Å². The Hall–Kier alpha value is -1.59. The Kier molecular flexibility index (Phi) is 2.93. The maximum atomic E-state index is 12.1. The molecule has 1 saturated heterocycles. The highest BCUT2D eigenvalue weighted by molar-refractivity contribution is 5.99. The lowest BCUT2D eigenvalue weighted by Crippen LogP contribution is -2.52. The van der Waals surface area contributed by atoms with E-state index in [-0.39, 0.29) is 11.9 Å². The summed E-state index contributed by atoms with van der Waals surface area (Å²) in [5, 5.41) is 2.95. The van der Waals surface area contributed by atoms with Crippen molar-refractivity contribution in [2.24, 2.45) is 0 Å². The molecular weight excluding hydrogens is 230 g/mol. The number of benzene rings is 1. The Bertz CT molecular complexity index is 469. The molecule has 3 rings (SSSR count). The Morgan fingerprint density at radius 1 is 1.33 bits per heavy atom. The average molecular weight is 247 g/mol. The normalized spacial score (nSPS) is 24.4. The summed E-state index contributed by atoms with van der Waals surface area (Å²) >= 11 is 0. The van der Waals surface area contributed by atoms with Crippen molar-refractivity contribution < 1.29 is 9.53 Å². The number of anilines is 2. The van der Waals surface area contributed by atoms with Gasteiger partial charge in [-0.2, -0.15) is 0 Å². The van der Waals surface area contributed by atoms with Gasteiger partial charge in [-0.05, 0) is 12.1 Å². The lowest BCUT2D eigenvalue weighted by molar-refractivity contribution is -0.123. The van der Waals surface area contributed by atoms with Gasteiger partial charge in [0.1, 0.15) is 0 Å². The van der Waals surface area contributed by atoms with Gasteiger partial charge >= 0.3 is 0 Å². The molecule has 1 fully saturated rings. The number of fused-ring (bicyclic) bond motifs is 1. The van der Waals surface area contributed by atoms with Gasteiger partial charge in [0.25, 0.3) is 0 Å². The van der Waals surface area contributed by atoms with Gasteiger partial charge < -0.3 is 15.8 Å². The predicted molar refractivity (Wildman–Crippen MR) is 69.4 cm³/mol. The van der Waals surface area contributed by atoms with Gasteiger partial charge in [0, 0.05) is 36.4 Å². The van der Waals surface area contributed by atoms with E-state index in [1.54, 1.807) is 0 Å². The van der Waals surface area contributed by atoms with Crippen LogP contribution in [0.25, 0.3) is 0 Å². The SMILES string of the molecule is Nc1cccc2c1CC(N1CCOCC1)C(=O)N2.